The van der Waals surface area contributed by atoms with Gasteiger partial charge < -0.3 is 10.4 Å². The fraction of sp³-hybridized carbons (Fsp3) is 0.542. The highest BCUT2D eigenvalue weighted by Crippen LogP contribution is 2.33. The molecule has 2 aliphatic carbocycles. The highest BCUT2D eigenvalue weighted by Gasteiger charge is 2.41. The quantitative estimate of drug-likeness (QED) is 0.730. The van der Waals surface area contributed by atoms with Crippen molar-refractivity contribution in [1.82, 2.24) is 9.62 Å². The zero-order chi connectivity index (χ0) is 22.0. The van der Waals surface area contributed by atoms with Gasteiger partial charge in [-0.25, -0.2) is 8.42 Å². The van der Waals surface area contributed by atoms with Crippen LogP contribution in [0.25, 0.3) is 0 Å². The summed E-state index contributed by atoms with van der Waals surface area (Å²) in [6.45, 7) is 2.28. The summed E-state index contributed by atoms with van der Waals surface area (Å²) in [7, 11) is -3.45. The minimum Gasteiger partial charge on any atom is -0.393 e. The van der Waals surface area contributed by atoms with Crippen molar-refractivity contribution in [3.8, 4) is 0 Å². The van der Waals surface area contributed by atoms with Crippen LogP contribution in [0.3, 0.4) is 0 Å². The van der Waals surface area contributed by atoms with E-state index in [0.717, 1.165) is 43.2 Å². The van der Waals surface area contributed by atoms with Crippen molar-refractivity contribution >= 4 is 15.9 Å². The number of aliphatic hydroxyl groups is 1. The molecule has 6 nitrogen and oxygen atoms in total. The van der Waals surface area contributed by atoms with Crippen molar-refractivity contribution in [2.24, 2.45) is 0 Å². The minimum atomic E-state index is -3.45. The van der Waals surface area contributed by atoms with Crippen molar-refractivity contribution in [2.45, 2.75) is 81.9 Å². The zero-order valence-electron chi connectivity index (χ0n) is 18.0. The van der Waals surface area contributed by atoms with Crippen LogP contribution in [0.4, 0.5) is 0 Å². The first kappa shape index (κ1) is 22.2. The van der Waals surface area contributed by atoms with E-state index in [1.807, 2.05) is 25.1 Å². The molecule has 1 amide bonds. The van der Waals surface area contributed by atoms with Crippen LogP contribution in [0.15, 0.2) is 48.1 Å². The fourth-order valence-electron chi connectivity index (χ4n) is 4.86. The predicted octanol–water partition coefficient (Wildman–Crippen LogP) is 3.29. The Morgan fingerprint density at radius 2 is 1.90 bits per heavy atom. The molecular formula is C24H32N2O4S. The van der Waals surface area contributed by atoms with Gasteiger partial charge in [0.1, 0.15) is 5.25 Å². The summed E-state index contributed by atoms with van der Waals surface area (Å²) in [6.07, 6.45) is 11.2. The number of nitrogens with zero attached hydrogens (tertiary/aromatic N) is 1. The van der Waals surface area contributed by atoms with Gasteiger partial charge in [0.15, 0.2) is 0 Å². The second-order valence-corrected chi connectivity index (χ2v) is 11.1. The molecule has 0 aromatic heterocycles. The summed E-state index contributed by atoms with van der Waals surface area (Å²) >= 11 is 0. The Labute approximate surface area is 185 Å². The lowest BCUT2D eigenvalue weighted by molar-refractivity contribution is 0.0934. The van der Waals surface area contributed by atoms with Crippen molar-refractivity contribution in [1.29, 1.82) is 0 Å². The maximum atomic E-state index is 13.4. The van der Waals surface area contributed by atoms with Crippen LogP contribution in [0, 0.1) is 0 Å². The number of hydrogen-bond donors (Lipinski definition) is 2. The highest BCUT2D eigenvalue weighted by molar-refractivity contribution is 7.90. The molecule has 1 heterocycles. The SMILES string of the molecule is C[C@H]1CCC(C2=CCCC=C2)S(=O)(=O)N1Cc1ccc(C(=O)NC2CCC(O)C2)cc1. The van der Waals surface area contributed by atoms with E-state index in [1.54, 1.807) is 16.4 Å². The smallest absolute Gasteiger partial charge is 0.251 e. The number of hydrogen-bond acceptors (Lipinski definition) is 4. The molecule has 0 spiro atoms. The molecule has 3 unspecified atom stereocenters. The summed E-state index contributed by atoms with van der Waals surface area (Å²) in [6, 6.07) is 7.14. The van der Waals surface area contributed by atoms with Gasteiger partial charge in [-0.1, -0.05) is 30.4 Å². The Bertz CT molecular complexity index is 968. The van der Waals surface area contributed by atoms with Crippen molar-refractivity contribution in [2.75, 3.05) is 0 Å². The molecule has 31 heavy (non-hydrogen) atoms. The fourth-order valence-corrected chi connectivity index (χ4v) is 7.07. The monoisotopic (exact) mass is 444 g/mol. The van der Waals surface area contributed by atoms with E-state index >= 15 is 0 Å². The van der Waals surface area contributed by atoms with Crippen LogP contribution in [0.5, 0.6) is 0 Å². The first-order valence-corrected chi connectivity index (χ1v) is 12.8. The molecule has 2 N–H and O–H groups in total. The van der Waals surface area contributed by atoms with E-state index in [4.69, 9.17) is 0 Å². The standard InChI is InChI=1S/C24H32N2O4S/c1-17-7-14-23(19-5-3-2-4-6-19)31(29,30)26(17)16-18-8-10-20(11-9-18)24(28)25-21-12-13-22(27)15-21/h3,5-6,8-11,17,21-23,27H,2,4,7,12-16H2,1H3,(H,25,28)/t17-,21?,22?,23?/m0/s1. The van der Waals surface area contributed by atoms with Crippen LogP contribution >= 0.6 is 0 Å². The number of aliphatic hydroxyl groups excluding tert-OH is 1. The van der Waals surface area contributed by atoms with E-state index in [0.29, 0.717) is 24.9 Å². The van der Waals surface area contributed by atoms with Gasteiger partial charge in [0.25, 0.3) is 5.91 Å². The van der Waals surface area contributed by atoms with E-state index in [9.17, 15) is 18.3 Å². The minimum absolute atomic E-state index is 0.0154. The summed E-state index contributed by atoms with van der Waals surface area (Å²) in [5.41, 5.74) is 2.35. The molecular weight excluding hydrogens is 412 g/mol. The van der Waals surface area contributed by atoms with Crippen LogP contribution in [-0.4, -0.2) is 47.2 Å². The summed E-state index contributed by atoms with van der Waals surface area (Å²) < 4.78 is 28.4. The van der Waals surface area contributed by atoms with Crippen LogP contribution in [0.2, 0.25) is 0 Å². The van der Waals surface area contributed by atoms with Gasteiger partial charge in [-0.2, -0.15) is 4.31 Å². The maximum Gasteiger partial charge on any atom is 0.251 e. The number of benzene rings is 1. The number of allylic oxidation sites excluding steroid dienone is 3. The van der Waals surface area contributed by atoms with Crippen molar-refractivity contribution < 1.29 is 18.3 Å². The lowest BCUT2D eigenvalue weighted by Gasteiger charge is -2.38. The molecule has 4 atom stereocenters. The van der Waals surface area contributed by atoms with Crippen molar-refractivity contribution in [3.63, 3.8) is 0 Å². The molecule has 1 aliphatic heterocycles. The molecule has 4 rings (SSSR count). The van der Waals surface area contributed by atoms with Gasteiger partial charge >= 0.3 is 0 Å². The topological polar surface area (TPSA) is 86.7 Å². The highest BCUT2D eigenvalue weighted by atomic mass is 32.2. The molecule has 1 aromatic carbocycles. The van der Waals surface area contributed by atoms with E-state index in [2.05, 4.69) is 17.5 Å². The Morgan fingerprint density at radius 3 is 2.55 bits per heavy atom. The third kappa shape index (κ3) is 4.94. The second kappa shape index (κ2) is 9.27. The summed E-state index contributed by atoms with van der Waals surface area (Å²) in [5.74, 6) is -0.152. The first-order chi connectivity index (χ1) is 14.8. The average Bonchev–Trinajstić information content (AvgIpc) is 3.16. The molecule has 3 aliphatic rings. The summed E-state index contributed by atoms with van der Waals surface area (Å²) in [5, 5.41) is 12.1. The molecule has 1 saturated carbocycles. The maximum absolute atomic E-state index is 13.4. The average molecular weight is 445 g/mol. The van der Waals surface area contributed by atoms with Crippen LogP contribution in [0.1, 0.15) is 67.8 Å². The molecule has 0 bridgehead atoms. The molecule has 1 aromatic rings. The lowest BCUT2D eigenvalue weighted by Crippen LogP contribution is -2.48. The third-order valence-corrected chi connectivity index (χ3v) is 9.08. The van der Waals surface area contributed by atoms with E-state index < -0.39 is 15.3 Å². The normalized spacial score (nSPS) is 30.7. The van der Waals surface area contributed by atoms with Gasteiger partial charge in [0.05, 0.1) is 6.10 Å². The first-order valence-electron chi connectivity index (χ1n) is 11.3. The molecule has 2 fully saturated rings. The Morgan fingerprint density at radius 1 is 1.13 bits per heavy atom. The van der Waals surface area contributed by atoms with Gasteiger partial charge in [0, 0.05) is 24.2 Å². The van der Waals surface area contributed by atoms with Crippen LogP contribution in [-0.2, 0) is 16.6 Å². The number of rotatable bonds is 5. The number of nitrogens with one attached hydrogen (secondary N) is 1. The van der Waals surface area contributed by atoms with Gasteiger partial charge in [-0.05, 0) is 75.1 Å². The Kier molecular flexibility index (Phi) is 6.65. The largest absolute Gasteiger partial charge is 0.393 e. The number of carbonyl (C=O) groups is 1. The van der Waals surface area contributed by atoms with Gasteiger partial charge in [-0.15, -0.1) is 0 Å². The third-order valence-electron chi connectivity index (χ3n) is 6.71. The lowest BCUT2D eigenvalue weighted by atomic mass is 9.99. The molecule has 7 heteroatoms. The number of carbonyl (C=O) groups excluding carboxylic acids is 1. The summed E-state index contributed by atoms with van der Waals surface area (Å²) in [4.78, 5) is 12.5. The Hall–Kier alpha value is -1.96. The van der Waals surface area contributed by atoms with Crippen LogP contribution < -0.4 is 5.32 Å². The van der Waals surface area contributed by atoms with Gasteiger partial charge in [0.2, 0.25) is 10.0 Å². The molecule has 1 saturated heterocycles. The second-order valence-electron chi connectivity index (χ2n) is 9.02. The van der Waals surface area contributed by atoms with Gasteiger partial charge in [-0.3, -0.25) is 4.79 Å². The number of amides is 1. The van der Waals surface area contributed by atoms with Crippen molar-refractivity contribution in [3.05, 3.63) is 59.2 Å². The molecule has 168 valence electrons. The number of sulfonamides is 1. The van der Waals surface area contributed by atoms with E-state index in [-0.39, 0.29) is 24.1 Å². The van der Waals surface area contributed by atoms with E-state index in [1.165, 1.54) is 0 Å². The Balaban J connectivity index is 1.44. The zero-order valence-corrected chi connectivity index (χ0v) is 18.9. The molecule has 0 radical (unpaired) electrons. The predicted molar refractivity (Wildman–Crippen MR) is 121 cm³/mol.